The molecule has 1 heterocycles. The molecule has 0 unspecified atom stereocenters. The van der Waals surface area contributed by atoms with Crippen LogP contribution >= 0.6 is 11.6 Å². The molecule has 0 saturated heterocycles. The lowest BCUT2D eigenvalue weighted by Gasteiger charge is -2.07. The lowest BCUT2D eigenvalue weighted by molar-refractivity contribution is 0.0990. The van der Waals surface area contributed by atoms with E-state index in [0.29, 0.717) is 17.2 Å². The van der Waals surface area contributed by atoms with Gasteiger partial charge in [-0.2, -0.15) is 5.10 Å². The molecule has 0 radical (unpaired) electrons. The molecule has 0 bridgehead atoms. The Morgan fingerprint density at radius 1 is 1.43 bits per heavy atom. The predicted molar refractivity (Wildman–Crippen MR) is 83.2 cm³/mol. The third-order valence-electron chi connectivity index (χ3n) is 3.22. The molecule has 0 spiro atoms. The number of aryl methyl sites for hydroxylation is 2. The molecule has 0 saturated carbocycles. The maximum Gasteiger partial charge on any atom is 0.168 e. The molecule has 21 heavy (non-hydrogen) atoms. The zero-order chi connectivity index (χ0) is 15.4. The van der Waals surface area contributed by atoms with Crippen LogP contribution < -0.4 is 4.74 Å². The lowest BCUT2D eigenvalue weighted by Crippen LogP contribution is -2.08. The van der Waals surface area contributed by atoms with Crippen molar-refractivity contribution >= 4 is 17.4 Å². The number of hydrogen-bond acceptors (Lipinski definition) is 3. The van der Waals surface area contributed by atoms with Gasteiger partial charge in [0.25, 0.3) is 0 Å². The van der Waals surface area contributed by atoms with Gasteiger partial charge in [-0.15, -0.1) is 0 Å². The summed E-state index contributed by atoms with van der Waals surface area (Å²) in [5.74, 6) is 0.719. The molecule has 0 amide bonds. The van der Waals surface area contributed by atoms with Gasteiger partial charge in [0, 0.05) is 12.6 Å². The first-order valence-corrected chi connectivity index (χ1v) is 7.34. The molecule has 0 aliphatic heterocycles. The number of nitrogens with zero attached hydrogens (tertiary/aromatic N) is 2. The van der Waals surface area contributed by atoms with Crippen molar-refractivity contribution in [1.82, 2.24) is 9.78 Å². The minimum atomic E-state index is 0.00171. The van der Waals surface area contributed by atoms with Crippen molar-refractivity contribution in [3.05, 3.63) is 46.2 Å². The molecule has 4 nitrogen and oxygen atoms in total. The van der Waals surface area contributed by atoms with E-state index in [4.69, 9.17) is 16.3 Å². The van der Waals surface area contributed by atoms with Crippen molar-refractivity contribution in [2.24, 2.45) is 7.05 Å². The quantitative estimate of drug-likeness (QED) is 0.766. The first-order chi connectivity index (χ1) is 10.0. The monoisotopic (exact) mass is 306 g/mol. The molecule has 2 rings (SSSR count). The number of ketones is 1. The van der Waals surface area contributed by atoms with E-state index in [9.17, 15) is 4.79 Å². The van der Waals surface area contributed by atoms with Crippen molar-refractivity contribution in [3.8, 4) is 5.75 Å². The Labute approximate surface area is 129 Å². The Morgan fingerprint density at radius 2 is 2.19 bits per heavy atom. The van der Waals surface area contributed by atoms with Gasteiger partial charge in [-0.1, -0.05) is 30.7 Å². The SMILES string of the molecule is CCCOc1cccc(C(=O)Cc2c(Cl)c(C)nn2C)c1. The number of carbonyl (C=O) groups excluding carboxylic acids is 1. The average molecular weight is 307 g/mol. The van der Waals surface area contributed by atoms with E-state index in [0.717, 1.165) is 23.6 Å². The van der Waals surface area contributed by atoms with Crippen LogP contribution in [0, 0.1) is 6.92 Å². The maximum absolute atomic E-state index is 12.4. The summed E-state index contributed by atoms with van der Waals surface area (Å²) >= 11 is 6.19. The summed E-state index contributed by atoms with van der Waals surface area (Å²) in [4.78, 5) is 12.4. The predicted octanol–water partition coefficient (Wildman–Crippen LogP) is 3.60. The van der Waals surface area contributed by atoms with Crippen molar-refractivity contribution in [1.29, 1.82) is 0 Å². The molecule has 0 atom stereocenters. The summed E-state index contributed by atoms with van der Waals surface area (Å²) in [6.45, 7) is 4.52. The normalized spacial score (nSPS) is 10.7. The Morgan fingerprint density at radius 3 is 2.81 bits per heavy atom. The molecule has 1 aromatic heterocycles. The fourth-order valence-corrected chi connectivity index (χ4v) is 2.33. The number of hydrogen-bond donors (Lipinski definition) is 0. The summed E-state index contributed by atoms with van der Waals surface area (Å²) in [5.41, 5.74) is 2.10. The molecule has 112 valence electrons. The van der Waals surface area contributed by atoms with Crippen molar-refractivity contribution in [3.63, 3.8) is 0 Å². The number of aromatic nitrogens is 2. The molecule has 0 aliphatic rings. The van der Waals surface area contributed by atoms with E-state index in [1.807, 2.05) is 26.0 Å². The third kappa shape index (κ3) is 3.64. The zero-order valence-corrected chi connectivity index (χ0v) is 13.3. The second-order valence-corrected chi connectivity index (χ2v) is 5.32. The molecule has 0 N–H and O–H groups in total. The van der Waals surface area contributed by atoms with Gasteiger partial charge in [0.15, 0.2) is 5.78 Å². The largest absolute Gasteiger partial charge is 0.494 e. The number of Topliss-reactive ketones (excluding diaryl/α,β-unsaturated/α-hetero) is 1. The van der Waals surface area contributed by atoms with Crippen LogP contribution in [-0.4, -0.2) is 22.2 Å². The highest BCUT2D eigenvalue weighted by atomic mass is 35.5. The van der Waals surface area contributed by atoms with Gasteiger partial charge < -0.3 is 4.74 Å². The van der Waals surface area contributed by atoms with Crippen LogP contribution in [0.3, 0.4) is 0 Å². The van der Waals surface area contributed by atoms with Crippen LogP contribution in [0.2, 0.25) is 5.02 Å². The molecule has 0 aliphatic carbocycles. The Balaban J connectivity index is 2.16. The number of ether oxygens (including phenoxy) is 1. The van der Waals surface area contributed by atoms with E-state index >= 15 is 0 Å². The maximum atomic E-state index is 12.4. The van der Waals surface area contributed by atoms with Gasteiger partial charge in [-0.05, 0) is 25.5 Å². The number of benzene rings is 1. The molecule has 2 aromatic rings. The average Bonchev–Trinajstić information content (AvgIpc) is 2.72. The van der Waals surface area contributed by atoms with Crippen LogP contribution in [0.5, 0.6) is 5.75 Å². The summed E-state index contributed by atoms with van der Waals surface area (Å²) in [6, 6.07) is 7.25. The molecule has 1 aromatic carbocycles. The van der Waals surface area contributed by atoms with E-state index in [1.54, 1.807) is 23.9 Å². The standard InChI is InChI=1S/C16H19ClN2O2/c1-4-8-21-13-7-5-6-12(9-13)15(20)10-14-16(17)11(2)18-19(14)3/h5-7,9H,4,8,10H2,1-3H3. The first kappa shape index (κ1) is 15.6. The fraction of sp³-hybridized carbons (Fsp3) is 0.375. The smallest absolute Gasteiger partial charge is 0.168 e. The summed E-state index contributed by atoms with van der Waals surface area (Å²) in [5, 5.41) is 4.78. The molecule has 0 fully saturated rings. The van der Waals surface area contributed by atoms with E-state index in [-0.39, 0.29) is 12.2 Å². The number of rotatable bonds is 6. The Kier molecular flexibility index (Phi) is 5.02. The van der Waals surface area contributed by atoms with Gasteiger partial charge in [-0.3, -0.25) is 9.48 Å². The highest BCUT2D eigenvalue weighted by Crippen LogP contribution is 2.22. The summed E-state index contributed by atoms with van der Waals surface area (Å²) in [7, 11) is 1.79. The van der Waals surface area contributed by atoms with E-state index in [1.165, 1.54) is 0 Å². The van der Waals surface area contributed by atoms with Crippen molar-refractivity contribution in [2.75, 3.05) is 6.61 Å². The van der Waals surface area contributed by atoms with Crippen LogP contribution in [0.25, 0.3) is 0 Å². The van der Waals surface area contributed by atoms with Crippen molar-refractivity contribution < 1.29 is 9.53 Å². The fourth-order valence-electron chi connectivity index (χ4n) is 2.11. The lowest BCUT2D eigenvalue weighted by atomic mass is 10.1. The second-order valence-electron chi connectivity index (χ2n) is 4.95. The summed E-state index contributed by atoms with van der Waals surface area (Å²) in [6.07, 6.45) is 1.16. The first-order valence-electron chi connectivity index (χ1n) is 6.97. The van der Waals surface area contributed by atoms with Crippen LogP contribution in [0.15, 0.2) is 24.3 Å². The number of halogens is 1. The van der Waals surface area contributed by atoms with Crippen LogP contribution in [-0.2, 0) is 13.5 Å². The van der Waals surface area contributed by atoms with Crippen LogP contribution in [0.1, 0.15) is 35.1 Å². The Hall–Kier alpha value is -1.81. The number of carbonyl (C=O) groups is 1. The van der Waals surface area contributed by atoms with Crippen LogP contribution in [0.4, 0.5) is 0 Å². The molecule has 5 heteroatoms. The van der Waals surface area contributed by atoms with Gasteiger partial charge in [0.05, 0.1) is 29.4 Å². The highest BCUT2D eigenvalue weighted by molar-refractivity contribution is 6.32. The van der Waals surface area contributed by atoms with E-state index in [2.05, 4.69) is 5.10 Å². The molecular formula is C16H19ClN2O2. The van der Waals surface area contributed by atoms with Gasteiger partial charge in [-0.25, -0.2) is 0 Å². The van der Waals surface area contributed by atoms with Gasteiger partial charge in [0.1, 0.15) is 5.75 Å². The van der Waals surface area contributed by atoms with Gasteiger partial charge >= 0.3 is 0 Å². The minimum absolute atomic E-state index is 0.00171. The summed E-state index contributed by atoms with van der Waals surface area (Å²) < 4.78 is 7.21. The minimum Gasteiger partial charge on any atom is -0.494 e. The zero-order valence-electron chi connectivity index (χ0n) is 12.5. The third-order valence-corrected chi connectivity index (χ3v) is 3.71. The molecular weight excluding hydrogens is 288 g/mol. The van der Waals surface area contributed by atoms with E-state index < -0.39 is 0 Å². The second kappa shape index (κ2) is 6.76. The van der Waals surface area contributed by atoms with Gasteiger partial charge in [0.2, 0.25) is 0 Å². The Bertz CT molecular complexity index is 650. The van der Waals surface area contributed by atoms with Crippen molar-refractivity contribution in [2.45, 2.75) is 26.7 Å². The highest BCUT2D eigenvalue weighted by Gasteiger charge is 2.16. The topological polar surface area (TPSA) is 44.1 Å².